The molecule has 0 radical (unpaired) electrons. The fourth-order valence-corrected chi connectivity index (χ4v) is 3.07. The molecule has 2 saturated carbocycles. The first-order valence-electron chi connectivity index (χ1n) is 7.10. The van der Waals surface area contributed by atoms with Gasteiger partial charge in [0, 0.05) is 11.3 Å². The highest BCUT2D eigenvalue weighted by Gasteiger charge is 2.35. The number of rotatable bonds is 3. The molecule has 5 nitrogen and oxygen atoms in total. The zero-order valence-electron chi connectivity index (χ0n) is 10.9. The molecule has 100 valence electrons. The maximum Gasteiger partial charge on any atom is 0.158 e. The van der Waals surface area contributed by atoms with Gasteiger partial charge in [0.1, 0.15) is 0 Å². The standard InChI is InChI=1S/C14H19N5/c15-6-8-3-11(4-8)19-14-12(5-10(16)7-17-14)13(18-19)9-1-2-9/h5,7-9,11H,1-4,6,15-16H2/t8-,11-. The lowest BCUT2D eigenvalue weighted by atomic mass is 9.80. The highest BCUT2D eigenvalue weighted by atomic mass is 15.3. The molecule has 4 rings (SSSR count). The van der Waals surface area contributed by atoms with E-state index in [1.54, 1.807) is 6.20 Å². The maximum absolute atomic E-state index is 5.87. The summed E-state index contributed by atoms with van der Waals surface area (Å²) in [5.41, 5.74) is 14.5. The molecule has 2 aromatic rings. The molecule has 2 fully saturated rings. The molecule has 0 unspecified atom stereocenters. The van der Waals surface area contributed by atoms with Crippen LogP contribution in [0.25, 0.3) is 11.0 Å². The van der Waals surface area contributed by atoms with Crippen LogP contribution in [0.4, 0.5) is 5.69 Å². The predicted octanol–water partition coefficient (Wildman–Crippen LogP) is 1.80. The quantitative estimate of drug-likeness (QED) is 0.878. The minimum absolute atomic E-state index is 0.472. The molecule has 0 atom stereocenters. The molecule has 0 aliphatic heterocycles. The number of hydrogen-bond acceptors (Lipinski definition) is 4. The second kappa shape index (κ2) is 3.93. The van der Waals surface area contributed by atoms with Gasteiger partial charge in [0.25, 0.3) is 0 Å². The fourth-order valence-electron chi connectivity index (χ4n) is 3.07. The Hall–Kier alpha value is -1.62. The van der Waals surface area contributed by atoms with E-state index in [2.05, 4.69) is 9.67 Å². The van der Waals surface area contributed by atoms with Crippen molar-refractivity contribution in [2.75, 3.05) is 12.3 Å². The molecule has 0 saturated heterocycles. The van der Waals surface area contributed by atoms with Crippen LogP contribution >= 0.6 is 0 Å². The molecular formula is C14H19N5. The van der Waals surface area contributed by atoms with Crippen LogP contribution in [-0.2, 0) is 0 Å². The van der Waals surface area contributed by atoms with Crippen molar-refractivity contribution in [3.8, 4) is 0 Å². The molecule has 0 amide bonds. The Morgan fingerprint density at radius 2 is 2.11 bits per heavy atom. The molecular weight excluding hydrogens is 238 g/mol. The summed E-state index contributed by atoms with van der Waals surface area (Å²) in [6.07, 6.45) is 6.48. The van der Waals surface area contributed by atoms with Gasteiger partial charge in [-0.2, -0.15) is 5.10 Å². The zero-order valence-corrected chi connectivity index (χ0v) is 10.9. The summed E-state index contributed by atoms with van der Waals surface area (Å²) >= 11 is 0. The van der Waals surface area contributed by atoms with E-state index in [0.717, 1.165) is 36.1 Å². The Morgan fingerprint density at radius 3 is 2.79 bits per heavy atom. The molecule has 5 heteroatoms. The van der Waals surface area contributed by atoms with Crippen LogP contribution in [0, 0.1) is 5.92 Å². The third-order valence-electron chi connectivity index (χ3n) is 4.45. The molecule has 2 aliphatic carbocycles. The van der Waals surface area contributed by atoms with Gasteiger partial charge in [0.05, 0.1) is 23.6 Å². The number of aromatic nitrogens is 3. The van der Waals surface area contributed by atoms with E-state index >= 15 is 0 Å². The van der Waals surface area contributed by atoms with Crippen molar-refractivity contribution in [2.45, 2.75) is 37.6 Å². The highest BCUT2D eigenvalue weighted by Crippen LogP contribution is 2.45. The molecule has 2 aliphatic rings. The summed E-state index contributed by atoms with van der Waals surface area (Å²) in [7, 11) is 0. The van der Waals surface area contributed by atoms with Crippen molar-refractivity contribution in [2.24, 2.45) is 11.7 Å². The fraction of sp³-hybridized carbons (Fsp3) is 0.571. The number of nitrogens with two attached hydrogens (primary N) is 2. The SMILES string of the molecule is NC[C@H]1C[C@H](n2nc(C3CC3)c3cc(N)cnc32)C1. The normalized spacial score (nSPS) is 26.6. The summed E-state index contributed by atoms with van der Waals surface area (Å²) in [5.74, 6) is 1.28. The Kier molecular flexibility index (Phi) is 2.33. The lowest BCUT2D eigenvalue weighted by molar-refractivity contribution is 0.193. The zero-order chi connectivity index (χ0) is 13.0. The van der Waals surface area contributed by atoms with Crippen molar-refractivity contribution in [3.63, 3.8) is 0 Å². The van der Waals surface area contributed by atoms with Crippen molar-refractivity contribution in [1.82, 2.24) is 14.8 Å². The van der Waals surface area contributed by atoms with E-state index in [-0.39, 0.29) is 0 Å². The van der Waals surface area contributed by atoms with Crippen LogP contribution in [0.3, 0.4) is 0 Å². The highest BCUT2D eigenvalue weighted by molar-refractivity contribution is 5.82. The van der Waals surface area contributed by atoms with Gasteiger partial charge in [-0.1, -0.05) is 0 Å². The van der Waals surface area contributed by atoms with E-state index in [1.165, 1.54) is 18.5 Å². The molecule has 2 aromatic heterocycles. The van der Waals surface area contributed by atoms with Crippen LogP contribution in [0.1, 0.15) is 43.3 Å². The van der Waals surface area contributed by atoms with Gasteiger partial charge in [-0.3, -0.25) is 0 Å². The van der Waals surface area contributed by atoms with Crippen LogP contribution in [0.15, 0.2) is 12.3 Å². The molecule has 4 N–H and O–H groups in total. The van der Waals surface area contributed by atoms with Gasteiger partial charge in [0.15, 0.2) is 5.65 Å². The first-order chi connectivity index (χ1) is 9.26. The minimum atomic E-state index is 0.472. The Bertz CT molecular complexity index is 622. The third kappa shape index (κ3) is 1.72. The number of nitrogen functional groups attached to an aromatic ring is 1. The Balaban J connectivity index is 1.78. The summed E-state index contributed by atoms with van der Waals surface area (Å²) in [6, 6.07) is 2.50. The number of anilines is 1. The summed E-state index contributed by atoms with van der Waals surface area (Å²) in [5, 5.41) is 5.99. The molecule has 0 spiro atoms. The van der Waals surface area contributed by atoms with Crippen LogP contribution in [-0.4, -0.2) is 21.3 Å². The van der Waals surface area contributed by atoms with Crippen molar-refractivity contribution >= 4 is 16.7 Å². The van der Waals surface area contributed by atoms with Crippen LogP contribution in [0.2, 0.25) is 0 Å². The number of pyridine rings is 1. The second-order valence-electron chi connectivity index (χ2n) is 5.97. The average molecular weight is 257 g/mol. The predicted molar refractivity (Wildman–Crippen MR) is 74.7 cm³/mol. The number of nitrogens with zero attached hydrogens (tertiary/aromatic N) is 3. The van der Waals surface area contributed by atoms with Crippen LogP contribution < -0.4 is 11.5 Å². The maximum atomic E-state index is 5.87. The van der Waals surface area contributed by atoms with Crippen LogP contribution in [0.5, 0.6) is 0 Å². The Labute approximate surface area is 112 Å². The van der Waals surface area contributed by atoms with Crippen molar-refractivity contribution < 1.29 is 0 Å². The number of fused-ring (bicyclic) bond motifs is 1. The minimum Gasteiger partial charge on any atom is -0.397 e. The second-order valence-corrected chi connectivity index (χ2v) is 5.97. The summed E-state index contributed by atoms with van der Waals surface area (Å²) in [4.78, 5) is 4.51. The monoisotopic (exact) mass is 257 g/mol. The van der Waals surface area contributed by atoms with E-state index < -0.39 is 0 Å². The van der Waals surface area contributed by atoms with Gasteiger partial charge >= 0.3 is 0 Å². The lowest BCUT2D eigenvalue weighted by Gasteiger charge is -2.34. The number of hydrogen-bond donors (Lipinski definition) is 2. The third-order valence-corrected chi connectivity index (χ3v) is 4.45. The Morgan fingerprint density at radius 1 is 1.32 bits per heavy atom. The van der Waals surface area contributed by atoms with Gasteiger partial charge < -0.3 is 11.5 Å². The van der Waals surface area contributed by atoms with Crippen molar-refractivity contribution in [1.29, 1.82) is 0 Å². The first-order valence-corrected chi connectivity index (χ1v) is 7.10. The average Bonchev–Trinajstić information content (AvgIpc) is 3.12. The molecule has 19 heavy (non-hydrogen) atoms. The van der Waals surface area contributed by atoms with Crippen molar-refractivity contribution in [3.05, 3.63) is 18.0 Å². The van der Waals surface area contributed by atoms with E-state index in [9.17, 15) is 0 Å². The van der Waals surface area contributed by atoms with E-state index in [1.807, 2.05) is 6.07 Å². The smallest absolute Gasteiger partial charge is 0.158 e. The van der Waals surface area contributed by atoms with E-state index in [0.29, 0.717) is 17.9 Å². The lowest BCUT2D eigenvalue weighted by Crippen LogP contribution is -2.32. The summed E-state index contributed by atoms with van der Waals surface area (Å²) < 4.78 is 2.12. The van der Waals surface area contributed by atoms with Gasteiger partial charge in [-0.25, -0.2) is 9.67 Å². The molecule has 2 heterocycles. The topological polar surface area (TPSA) is 82.8 Å². The summed E-state index contributed by atoms with van der Waals surface area (Å²) in [6.45, 7) is 0.783. The van der Waals surface area contributed by atoms with Gasteiger partial charge in [-0.15, -0.1) is 0 Å². The largest absolute Gasteiger partial charge is 0.397 e. The van der Waals surface area contributed by atoms with Gasteiger partial charge in [-0.05, 0) is 44.2 Å². The van der Waals surface area contributed by atoms with E-state index in [4.69, 9.17) is 16.6 Å². The first kappa shape index (κ1) is 11.2. The van der Waals surface area contributed by atoms with Gasteiger partial charge in [0.2, 0.25) is 0 Å². The molecule has 0 bridgehead atoms. The molecule has 0 aromatic carbocycles.